The van der Waals surface area contributed by atoms with Crippen LogP contribution < -0.4 is 20.3 Å². The van der Waals surface area contributed by atoms with E-state index in [1.807, 2.05) is 37.2 Å². The van der Waals surface area contributed by atoms with Gasteiger partial charge < -0.3 is 20.3 Å². The molecule has 0 fully saturated rings. The van der Waals surface area contributed by atoms with Crippen LogP contribution in [0.5, 0.6) is 5.88 Å². The van der Waals surface area contributed by atoms with Gasteiger partial charge >= 0.3 is 0 Å². The van der Waals surface area contributed by atoms with Gasteiger partial charge in [-0.3, -0.25) is 9.48 Å². The molecule has 9 heteroatoms. The molecule has 0 aliphatic heterocycles. The zero-order chi connectivity index (χ0) is 19.4. The molecule has 9 nitrogen and oxygen atoms in total. The highest BCUT2D eigenvalue weighted by Crippen LogP contribution is 2.21. The second-order valence-corrected chi connectivity index (χ2v) is 6.08. The summed E-state index contributed by atoms with van der Waals surface area (Å²) in [5.74, 6) is 0.635. The Morgan fingerprint density at radius 1 is 1.19 bits per heavy atom. The van der Waals surface area contributed by atoms with Crippen molar-refractivity contribution in [1.82, 2.24) is 20.0 Å². The van der Waals surface area contributed by atoms with Gasteiger partial charge in [-0.15, -0.1) is 10.2 Å². The number of rotatable bonds is 6. The molecule has 0 saturated heterocycles. The minimum atomic E-state index is -0.287. The van der Waals surface area contributed by atoms with E-state index in [1.165, 1.54) is 11.8 Å². The Hall–Kier alpha value is -3.62. The van der Waals surface area contributed by atoms with E-state index in [2.05, 4.69) is 25.9 Å². The predicted octanol–water partition coefficient (Wildman–Crippen LogP) is 2.28. The smallest absolute Gasteiger partial charge is 0.262 e. The highest BCUT2D eigenvalue weighted by Gasteiger charge is 2.16. The lowest BCUT2D eigenvalue weighted by atomic mass is 10.2. The average Bonchev–Trinajstić information content (AvgIpc) is 3.04. The molecule has 0 bridgehead atoms. The van der Waals surface area contributed by atoms with E-state index >= 15 is 0 Å². The highest BCUT2D eigenvalue weighted by molar-refractivity contribution is 6.05. The molecule has 0 aliphatic carbocycles. The second kappa shape index (κ2) is 7.73. The molecule has 1 amide bonds. The summed E-state index contributed by atoms with van der Waals surface area (Å²) in [4.78, 5) is 14.4. The number of nitrogens with zero attached hydrogens (tertiary/aromatic N) is 5. The topological polar surface area (TPSA) is 97.2 Å². The van der Waals surface area contributed by atoms with E-state index in [9.17, 15) is 4.79 Å². The average molecular weight is 367 g/mol. The van der Waals surface area contributed by atoms with Crippen LogP contribution in [0.4, 0.5) is 22.9 Å². The minimum absolute atomic E-state index is 0.285. The highest BCUT2D eigenvalue weighted by atomic mass is 16.5. The number of amides is 1. The standard InChI is InChI=1S/C18H21N7O2/c1-24(2)14-9-16(22-19-10-14)20-12-5-7-13(8-6-12)21-17(26)15-11-25(3)23-18(15)27-4/h5-11H,1-4H3,(H,20,22)(H,21,26). The molecule has 27 heavy (non-hydrogen) atoms. The third kappa shape index (κ3) is 4.32. The van der Waals surface area contributed by atoms with Crippen molar-refractivity contribution in [3.8, 4) is 5.88 Å². The molecule has 0 atom stereocenters. The normalized spacial score (nSPS) is 10.4. The van der Waals surface area contributed by atoms with Gasteiger partial charge in [-0.2, -0.15) is 5.10 Å². The zero-order valence-electron chi connectivity index (χ0n) is 15.6. The summed E-state index contributed by atoms with van der Waals surface area (Å²) in [5, 5.41) is 18.1. The van der Waals surface area contributed by atoms with Gasteiger partial charge in [-0.25, -0.2) is 0 Å². The molecule has 0 aliphatic rings. The van der Waals surface area contributed by atoms with Crippen molar-refractivity contribution in [3.63, 3.8) is 0 Å². The summed E-state index contributed by atoms with van der Waals surface area (Å²) in [6.45, 7) is 0. The van der Waals surface area contributed by atoms with Crippen LogP contribution in [0.2, 0.25) is 0 Å². The van der Waals surface area contributed by atoms with Crippen molar-refractivity contribution < 1.29 is 9.53 Å². The predicted molar refractivity (Wildman–Crippen MR) is 104 cm³/mol. The molecule has 0 unspecified atom stereocenters. The molecule has 2 heterocycles. The lowest BCUT2D eigenvalue weighted by Crippen LogP contribution is -2.12. The Balaban J connectivity index is 1.68. The van der Waals surface area contributed by atoms with Crippen LogP contribution in [0, 0.1) is 0 Å². The van der Waals surface area contributed by atoms with Gasteiger partial charge in [-0.05, 0) is 24.3 Å². The number of aryl methyl sites for hydroxylation is 1. The monoisotopic (exact) mass is 367 g/mol. The number of ether oxygens (including phenoxy) is 1. The Morgan fingerprint density at radius 3 is 2.56 bits per heavy atom. The van der Waals surface area contributed by atoms with E-state index in [0.717, 1.165) is 11.4 Å². The number of carbonyl (C=O) groups is 1. The third-order valence-electron chi connectivity index (χ3n) is 3.80. The largest absolute Gasteiger partial charge is 0.479 e. The van der Waals surface area contributed by atoms with Crippen LogP contribution in [-0.2, 0) is 7.05 Å². The summed E-state index contributed by atoms with van der Waals surface area (Å²) in [7, 11) is 7.09. The van der Waals surface area contributed by atoms with Gasteiger partial charge in [0, 0.05) is 44.8 Å². The van der Waals surface area contributed by atoms with Gasteiger partial charge in [-0.1, -0.05) is 0 Å². The van der Waals surface area contributed by atoms with E-state index < -0.39 is 0 Å². The molecule has 2 aromatic heterocycles. The maximum Gasteiger partial charge on any atom is 0.262 e. The summed E-state index contributed by atoms with van der Waals surface area (Å²) in [6, 6.07) is 9.19. The van der Waals surface area contributed by atoms with E-state index in [4.69, 9.17) is 4.74 Å². The Bertz CT molecular complexity index is 935. The van der Waals surface area contributed by atoms with Gasteiger partial charge in [0.25, 0.3) is 5.91 Å². The van der Waals surface area contributed by atoms with E-state index in [1.54, 1.807) is 31.6 Å². The first-order valence-corrected chi connectivity index (χ1v) is 8.22. The SMILES string of the molecule is COc1nn(C)cc1C(=O)Nc1ccc(Nc2cc(N(C)C)cnn2)cc1. The maximum absolute atomic E-state index is 12.4. The van der Waals surface area contributed by atoms with Gasteiger partial charge in [0.2, 0.25) is 5.88 Å². The van der Waals surface area contributed by atoms with Gasteiger partial charge in [0.1, 0.15) is 5.56 Å². The van der Waals surface area contributed by atoms with Crippen molar-refractivity contribution in [2.45, 2.75) is 0 Å². The summed E-state index contributed by atoms with van der Waals surface area (Å²) < 4.78 is 6.65. The van der Waals surface area contributed by atoms with Crippen molar-refractivity contribution in [2.75, 3.05) is 36.7 Å². The van der Waals surface area contributed by atoms with Crippen LogP contribution in [0.1, 0.15) is 10.4 Å². The first-order chi connectivity index (χ1) is 13.0. The molecule has 1 aromatic carbocycles. The lowest BCUT2D eigenvalue weighted by Gasteiger charge is -2.13. The summed E-state index contributed by atoms with van der Waals surface area (Å²) in [5.41, 5.74) is 2.81. The van der Waals surface area contributed by atoms with Crippen molar-refractivity contribution >= 4 is 28.8 Å². The van der Waals surface area contributed by atoms with Crippen LogP contribution in [0.25, 0.3) is 0 Å². The number of anilines is 4. The number of aromatic nitrogens is 4. The van der Waals surface area contributed by atoms with Crippen LogP contribution in [0.3, 0.4) is 0 Å². The molecule has 3 aromatic rings. The Labute approximate surface area is 157 Å². The van der Waals surface area contributed by atoms with Gasteiger partial charge in [0.05, 0.1) is 19.0 Å². The second-order valence-electron chi connectivity index (χ2n) is 6.08. The van der Waals surface area contributed by atoms with Crippen LogP contribution >= 0.6 is 0 Å². The Kier molecular flexibility index (Phi) is 5.20. The quantitative estimate of drug-likeness (QED) is 0.690. The van der Waals surface area contributed by atoms with E-state index in [0.29, 0.717) is 17.1 Å². The van der Waals surface area contributed by atoms with E-state index in [-0.39, 0.29) is 11.8 Å². The molecule has 2 N–H and O–H groups in total. The fourth-order valence-electron chi connectivity index (χ4n) is 2.42. The third-order valence-corrected chi connectivity index (χ3v) is 3.80. The van der Waals surface area contributed by atoms with Gasteiger partial charge in [0.15, 0.2) is 5.82 Å². The number of nitrogens with one attached hydrogen (secondary N) is 2. The first kappa shape index (κ1) is 18.2. The number of hydrogen-bond donors (Lipinski definition) is 2. The van der Waals surface area contributed by atoms with Crippen molar-refractivity contribution in [3.05, 3.63) is 48.3 Å². The fraction of sp³-hybridized carbons (Fsp3) is 0.222. The number of benzene rings is 1. The van der Waals surface area contributed by atoms with Crippen LogP contribution in [-0.4, -0.2) is 47.1 Å². The van der Waals surface area contributed by atoms with Crippen molar-refractivity contribution in [1.29, 1.82) is 0 Å². The molecule has 140 valence electrons. The minimum Gasteiger partial charge on any atom is -0.479 e. The lowest BCUT2D eigenvalue weighted by molar-refractivity contribution is 0.102. The molecular formula is C18H21N7O2. The molecular weight excluding hydrogens is 346 g/mol. The number of carbonyl (C=O) groups excluding carboxylic acids is 1. The van der Waals surface area contributed by atoms with Crippen molar-refractivity contribution in [2.24, 2.45) is 7.05 Å². The maximum atomic E-state index is 12.4. The molecule has 0 radical (unpaired) electrons. The number of hydrogen-bond acceptors (Lipinski definition) is 7. The van der Waals surface area contributed by atoms with Crippen LogP contribution in [0.15, 0.2) is 42.7 Å². The molecule has 0 spiro atoms. The molecule has 0 saturated carbocycles. The summed E-state index contributed by atoms with van der Waals surface area (Å²) in [6.07, 6.45) is 3.30. The zero-order valence-corrected chi connectivity index (χ0v) is 15.6. The first-order valence-electron chi connectivity index (χ1n) is 8.22. The number of methoxy groups -OCH3 is 1. The summed E-state index contributed by atoms with van der Waals surface area (Å²) >= 11 is 0. The fourth-order valence-corrected chi connectivity index (χ4v) is 2.42. The Morgan fingerprint density at radius 2 is 1.89 bits per heavy atom. The molecule has 3 rings (SSSR count).